The minimum absolute atomic E-state index is 0.0545. The van der Waals surface area contributed by atoms with Gasteiger partial charge in [0.1, 0.15) is 11.5 Å². The second-order valence-corrected chi connectivity index (χ2v) is 7.26. The van der Waals surface area contributed by atoms with Crippen molar-refractivity contribution >= 4 is 16.9 Å². The maximum atomic E-state index is 13.9. The van der Waals surface area contributed by atoms with Crippen LogP contribution in [0.25, 0.3) is 22.2 Å². The van der Waals surface area contributed by atoms with E-state index in [0.717, 1.165) is 31.2 Å². The number of aliphatic hydroxyl groups excluding tert-OH is 1. The van der Waals surface area contributed by atoms with Crippen molar-refractivity contribution in [2.24, 2.45) is 0 Å². The van der Waals surface area contributed by atoms with E-state index in [1.165, 1.54) is 12.1 Å². The number of benzene rings is 1. The van der Waals surface area contributed by atoms with Crippen LogP contribution in [0.15, 0.2) is 30.5 Å². The first-order valence-corrected chi connectivity index (χ1v) is 9.06. The van der Waals surface area contributed by atoms with E-state index in [0.29, 0.717) is 22.2 Å². The standard InChI is InChI=1S/C20H16F3N3O2/c21-11-6-16-18(24-7-11)17(10-1-4-14(22)15(23)5-10)19-20(28)26(12-2-3-12)13(9-27)8-25(16)19/h1,4-7,12-13,27H,2-3,8-9H2/t13-/m1/s1. The molecule has 3 heterocycles. The first-order valence-electron chi connectivity index (χ1n) is 9.06. The molecule has 0 unspecified atom stereocenters. The largest absolute Gasteiger partial charge is 0.394 e. The summed E-state index contributed by atoms with van der Waals surface area (Å²) in [6.45, 7) is 0.0595. The predicted octanol–water partition coefficient (Wildman–Crippen LogP) is 3.10. The highest BCUT2D eigenvalue weighted by Gasteiger charge is 2.43. The average Bonchev–Trinajstić information content (AvgIpc) is 3.46. The molecular formula is C20H16F3N3O2. The van der Waals surface area contributed by atoms with Gasteiger partial charge in [-0.2, -0.15) is 0 Å². The summed E-state index contributed by atoms with van der Waals surface area (Å²) in [5, 5.41) is 9.81. The average molecular weight is 387 g/mol. The third kappa shape index (κ3) is 2.44. The molecule has 1 aliphatic heterocycles. The zero-order valence-electron chi connectivity index (χ0n) is 14.7. The number of carbonyl (C=O) groups excluding carboxylic acids is 1. The van der Waals surface area contributed by atoms with Gasteiger partial charge >= 0.3 is 0 Å². The van der Waals surface area contributed by atoms with Gasteiger partial charge in [-0.1, -0.05) is 6.07 Å². The Morgan fingerprint density at radius 2 is 1.93 bits per heavy atom. The van der Waals surface area contributed by atoms with Gasteiger partial charge in [0.2, 0.25) is 0 Å². The summed E-state index contributed by atoms with van der Waals surface area (Å²) < 4.78 is 42.9. The van der Waals surface area contributed by atoms with Gasteiger partial charge in [0.25, 0.3) is 5.91 Å². The third-order valence-corrected chi connectivity index (χ3v) is 5.45. The number of halogens is 3. The number of hydrogen-bond acceptors (Lipinski definition) is 3. The van der Waals surface area contributed by atoms with E-state index in [2.05, 4.69) is 4.98 Å². The molecule has 1 aliphatic carbocycles. The Morgan fingerprint density at radius 3 is 2.61 bits per heavy atom. The molecule has 0 spiro atoms. The fourth-order valence-electron chi connectivity index (χ4n) is 4.08. The van der Waals surface area contributed by atoms with Crippen LogP contribution in [0.2, 0.25) is 0 Å². The highest BCUT2D eigenvalue weighted by Crippen LogP contribution is 2.41. The van der Waals surface area contributed by atoms with E-state index in [1.807, 2.05) is 0 Å². The van der Waals surface area contributed by atoms with E-state index in [4.69, 9.17) is 0 Å². The summed E-state index contributed by atoms with van der Waals surface area (Å²) in [6.07, 6.45) is 2.75. The first-order chi connectivity index (χ1) is 13.5. The van der Waals surface area contributed by atoms with Crippen LogP contribution in [0.4, 0.5) is 13.2 Å². The van der Waals surface area contributed by atoms with E-state index in [9.17, 15) is 23.1 Å². The fourth-order valence-corrected chi connectivity index (χ4v) is 4.08. The Balaban J connectivity index is 1.81. The molecule has 144 valence electrons. The van der Waals surface area contributed by atoms with Crippen molar-refractivity contribution < 1.29 is 23.1 Å². The SMILES string of the molecule is O=C1c2c(-c3ccc(F)c(F)c3)c3ncc(F)cc3n2C[C@H](CO)N1C1CC1. The van der Waals surface area contributed by atoms with E-state index in [-0.39, 0.29) is 30.8 Å². The Morgan fingerprint density at radius 1 is 1.14 bits per heavy atom. The van der Waals surface area contributed by atoms with E-state index in [1.54, 1.807) is 9.47 Å². The van der Waals surface area contributed by atoms with Crippen molar-refractivity contribution in [2.75, 3.05) is 6.61 Å². The smallest absolute Gasteiger partial charge is 0.271 e. The number of amides is 1. The molecule has 2 aromatic heterocycles. The number of nitrogens with zero attached hydrogens (tertiary/aromatic N) is 3. The summed E-state index contributed by atoms with van der Waals surface area (Å²) in [7, 11) is 0. The van der Waals surface area contributed by atoms with Gasteiger partial charge in [-0.15, -0.1) is 0 Å². The Hall–Kier alpha value is -2.87. The molecule has 1 atom stereocenters. The van der Waals surface area contributed by atoms with Crippen LogP contribution in [0.5, 0.6) is 0 Å². The number of aromatic nitrogens is 2. The normalized spacial score (nSPS) is 19.4. The summed E-state index contributed by atoms with van der Waals surface area (Å²) in [5.41, 5.74) is 1.63. The lowest BCUT2D eigenvalue weighted by atomic mass is 10.0. The third-order valence-electron chi connectivity index (χ3n) is 5.45. The van der Waals surface area contributed by atoms with Gasteiger partial charge in [-0.3, -0.25) is 9.78 Å². The summed E-state index contributed by atoms with van der Waals surface area (Å²) in [5.74, 6) is -2.91. The topological polar surface area (TPSA) is 58.4 Å². The second kappa shape index (κ2) is 6.07. The highest BCUT2D eigenvalue weighted by atomic mass is 19.2. The molecule has 0 bridgehead atoms. The van der Waals surface area contributed by atoms with Crippen molar-refractivity contribution in [3.05, 3.63) is 53.6 Å². The lowest BCUT2D eigenvalue weighted by Gasteiger charge is -2.36. The number of fused-ring (bicyclic) bond motifs is 3. The number of pyridine rings is 1. The molecule has 5 nitrogen and oxygen atoms in total. The van der Waals surface area contributed by atoms with Crippen LogP contribution in [-0.4, -0.2) is 44.2 Å². The van der Waals surface area contributed by atoms with Gasteiger partial charge in [0.05, 0.1) is 29.9 Å². The molecule has 1 aromatic carbocycles. The van der Waals surface area contributed by atoms with Gasteiger partial charge in [-0.25, -0.2) is 13.2 Å². The zero-order chi connectivity index (χ0) is 19.6. The molecule has 1 fully saturated rings. The minimum Gasteiger partial charge on any atom is -0.394 e. The number of hydrogen-bond donors (Lipinski definition) is 1. The second-order valence-electron chi connectivity index (χ2n) is 7.26. The highest BCUT2D eigenvalue weighted by molar-refractivity contribution is 6.09. The number of aliphatic hydroxyl groups is 1. The zero-order valence-corrected chi connectivity index (χ0v) is 14.7. The van der Waals surface area contributed by atoms with Gasteiger partial charge in [0, 0.05) is 24.2 Å². The summed E-state index contributed by atoms with van der Waals surface area (Å²) >= 11 is 0. The van der Waals surface area contributed by atoms with Gasteiger partial charge in [-0.05, 0) is 30.5 Å². The van der Waals surface area contributed by atoms with Crippen LogP contribution in [0.1, 0.15) is 23.3 Å². The summed E-state index contributed by atoms with van der Waals surface area (Å²) in [6, 6.07) is 4.29. The maximum absolute atomic E-state index is 13.9. The predicted molar refractivity (Wildman–Crippen MR) is 95.1 cm³/mol. The number of carbonyl (C=O) groups is 1. The van der Waals surface area contributed by atoms with Crippen molar-refractivity contribution in [3.63, 3.8) is 0 Å². The molecule has 3 aromatic rings. The number of rotatable bonds is 3. The lowest BCUT2D eigenvalue weighted by Crippen LogP contribution is -2.50. The molecule has 28 heavy (non-hydrogen) atoms. The van der Waals surface area contributed by atoms with E-state index >= 15 is 0 Å². The Labute approximate surface area is 158 Å². The molecule has 1 N–H and O–H groups in total. The van der Waals surface area contributed by atoms with Crippen molar-refractivity contribution in [3.8, 4) is 11.1 Å². The molecule has 0 radical (unpaired) electrons. The van der Waals surface area contributed by atoms with Crippen molar-refractivity contribution in [2.45, 2.75) is 31.5 Å². The van der Waals surface area contributed by atoms with Gasteiger partial charge < -0.3 is 14.6 Å². The van der Waals surface area contributed by atoms with Crippen molar-refractivity contribution in [1.82, 2.24) is 14.5 Å². The first kappa shape index (κ1) is 17.2. The molecule has 1 saturated carbocycles. The lowest BCUT2D eigenvalue weighted by molar-refractivity contribution is 0.0466. The molecule has 8 heteroatoms. The quantitative estimate of drug-likeness (QED) is 0.751. The van der Waals surface area contributed by atoms with Crippen LogP contribution < -0.4 is 0 Å². The van der Waals surface area contributed by atoms with Crippen LogP contribution >= 0.6 is 0 Å². The van der Waals surface area contributed by atoms with Crippen LogP contribution in [-0.2, 0) is 6.54 Å². The maximum Gasteiger partial charge on any atom is 0.271 e. The molecular weight excluding hydrogens is 371 g/mol. The Bertz CT molecular complexity index is 1120. The van der Waals surface area contributed by atoms with E-state index < -0.39 is 23.5 Å². The van der Waals surface area contributed by atoms with Crippen molar-refractivity contribution in [1.29, 1.82) is 0 Å². The van der Waals surface area contributed by atoms with Gasteiger partial charge in [0.15, 0.2) is 11.6 Å². The molecule has 0 saturated heterocycles. The fraction of sp³-hybridized carbons (Fsp3) is 0.300. The molecule has 1 amide bonds. The minimum atomic E-state index is -1.04. The van der Waals surface area contributed by atoms with Crippen LogP contribution in [0.3, 0.4) is 0 Å². The summed E-state index contributed by atoms with van der Waals surface area (Å²) in [4.78, 5) is 19.2. The molecule has 2 aliphatic rings. The Kier molecular flexibility index (Phi) is 3.74. The monoisotopic (exact) mass is 387 g/mol. The van der Waals surface area contributed by atoms with Crippen LogP contribution in [0, 0.1) is 17.5 Å². The molecule has 5 rings (SSSR count).